The summed E-state index contributed by atoms with van der Waals surface area (Å²) in [6.07, 6.45) is 3.35. The second-order valence-electron chi connectivity index (χ2n) is 5.87. The second-order valence-corrected chi connectivity index (χ2v) is 6.79. The third-order valence-corrected chi connectivity index (χ3v) is 4.56. The summed E-state index contributed by atoms with van der Waals surface area (Å²) in [4.78, 5) is 12.7. The summed E-state index contributed by atoms with van der Waals surface area (Å²) < 4.78 is 0.951. The topological polar surface area (TPSA) is 40.9 Å². The van der Waals surface area contributed by atoms with Crippen LogP contribution in [0.2, 0.25) is 0 Å². The minimum absolute atomic E-state index is 0.102. The van der Waals surface area contributed by atoms with E-state index in [1.54, 1.807) is 24.3 Å². The molecular formula is C24H16BrNO. The Kier molecular flexibility index (Phi) is 6.14. The summed E-state index contributed by atoms with van der Waals surface area (Å²) >= 11 is 3.43. The molecule has 130 valence electrons. The Morgan fingerprint density at radius 3 is 1.85 bits per heavy atom. The molecule has 0 spiro atoms. The highest BCUT2D eigenvalue weighted by Crippen LogP contribution is 2.24. The van der Waals surface area contributed by atoms with Gasteiger partial charge >= 0.3 is 0 Å². The number of nitrogens with zero attached hydrogens (tertiary/aromatic N) is 1. The normalized spacial score (nSPS) is 11.7. The number of rotatable bonds is 5. The molecule has 0 N–H and O–H groups in total. The van der Waals surface area contributed by atoms with Crippen molar-refractivity contribution in [2.75, 3.05) is 0 Å². The van der Waals surface area contributed by atoms with E-state index >= 15 is 0 Å². The molecule has 0 amide bonds. The van der Waals surface area contributed by atoms with Gasteiger partial charge in [0.25, 0.3) is 0 Å². The average molecular weight is 414 g/mol. The molecule has 0 bridgehead atoms. The lowest BCUT2D eigenvalue weighted by Gasteiger charge is -2.06. The molecule has 0 fully saturated rings. The number of hydrogen-bond donors (Lipinski definition) is 0. The molecule has 0 atom stereocenters. The van der Waals surface area contributed by atoms with Crippen LogP contribution in [0.4, 0.5) is 0 Å². The van der Waals surface area contributed by atoms with Gasteiger partial charge in [-0.2, -0.15) is 5.26 Å². The lowest BCUT2D eigenvalue weighted by molar-refractivity contribution is 0.104. The van der Waals surface area contributed by atoms with E-state index in [-0.39, 0.29) is 5.78 Å². The molecule has 0 saturated heterocycles. The summed E-state index contributed by atoms with van der Waals surface area (Å²) in [5.41, 5.74) is 3.49. The highest BCUT2D eigenvalue weighted by molar-refractivity contribution is 9.10. The SMILES string of the molecule is N#C/C(=C\C(=C/C(=O)c1ccccc1)c1ccc(Br)cc1)c1ccccc1. The molecule has 0 aliphatic heterocycles. The van der Waals surface area contributed by atoms with Crippen molar-refractivity contribution in [2.45, 2.75) is 0 Å². The standard InChI is InChI=1S/C24H16BrNO/c25-23-13-11-19(12-14-23)21(16-24(27)20-9-5-2-6-10-20)15-22(17-26)18-7-3-1-4-8-18/h1-16H/b21-16+,22-15+. The maximum atomic E-state index is 12.7. The molecule has 0 aliphatic rings. The Hall–Kier alpha value is -3.22. The third-order valence-electron chi connectivity index (χ3n) is 4.03. The Balaban J connectivity index is 2.09. The summed E-state index contributed by atoms with van der Waals surface area (Å²) in [5.74, 6) is -0.102. The molecule has 0 aliphatic carbocycles. The van der Waals surface area contributed by atoms with E-state index in [0.29, 0.717) is 16.7 Å². The van der Waals surface area contributed by atoms with Gasteiger partial charge in [0.05, 0.1) is 11.6 Å². The smallest absolute Gasteiger partial charge is 0.186 e. The first kappa shape index (κ1) is 18.6. The highest BCUT2D eigenvalue weighted by Gasteiger charge is 2.08. The fourth-order valence-electron chi connectivity index (χ4n) is 2.63. The highest BCUT2D eigenvalue weighted by atomic mass is 79.9. The number of carbonyl (C=O) groups is 1. The third kappa shape index (κ3) is 4.91. The predicted molar refractivity (Wildman–Crippen MR) is 113 cm³/mol. The van der Waals surface area contributed by atoms with Crippen molar-refractivity contribution in [2.24, 2.45) is 0 Å². The van der Waals surface area contributed by atoms with Gasteiger partial charge in [-0.1, -0.05) is 88.7 Å². The van der Waals surface area contributed by atoms with Crippen molar-refractivity contribution in [1.29, 1.82) is 5.26 Å². The van der Waals surface area contributed by atoms with Gasteiger partial charge in [0, 0.05) is 10.0 Å². The zero-order chi connectivity index (χ0) is 19.1. The molecule has 3 aromatic carbocycles. The molecule has 0 heterocycles. The van der Waals surface area contributed by atoms with Gasteiger partial charge < -0.3 is 0 Å². The molecule has 0 saturated carbocycles. The Bertz CT molecular complexity index is 1030. The van der Waals surface area contributed by atoms with Gasteiger partial charge in [-0.05, 0) is 41.0 Å². The number of halogens is 1. The molecule has 2 nitrogen and oxygen atoms in total. The van der Waals surface area contributed by atoms with E-state index in [0.717, 1.165) is 15.6 Å². The van der Waals surface area contributed by atoms with E-state index in [1.807, 2.05) is 72.8 Å². The van der Waals surface area contributed by atoms with Crippen LogP contribution in [0.5, 0.6) is 0 Å². The van der Waals surface area contributed by atoms with E-state index < -0.39 is 0 Å². The number of allylic oxidation sites excluding steroid dienone is 4. The van der Waals surface area contributed by atoms with Gasteiger partial charge in [0.2, 0.25) is 0 Å². The van der Waals surface area contributed by atoms with Gasteiger partial charge in [0.15, 0.2) is 5.78 Å². The number of carbonyl (C=O) groups excluding carboxylic acids is 1. The lowest BCUT2D eigenvalue weighted by Crippen LogP contribution is -1.96. The molecule has 3 heteroatoms. The zero-order valence-corrected chi connectivity index (χ0v) is 16.1. The van der Waals surface area contributed by atoms with Crippen molar-refractivity contribution < 1.29 is 4.79 Å². The summed E-state index contributed by atoms with van der Waals surface area (Å²) in [6, 6.07) is 28.5. The van der Waals surface area contributed by atoms with Crippen LogP contribution in [-0.4, -0.2) is 5.78 Å². The van der Waals surface area contributed by atoms with Crippen LogP contribution in [0, 0.1) is 11.3 Å². The van der Waals surface area contributed by atoms with E-state index in [2.05, 4.69) is 22.0 Å². The quantitative estimate of drug-likeness (QED) is 0.212. The van der Waals surface area contributed by atoms with Gasteiger partial charge in [-0.25, -0.2) is 0 Å². The Morgan fingerprint density at radius 2 is 1.30 bits per heavy atom. The molecule has 27 heavy (non-hydrogen) atoms. The second kappa shape index (κ2) is 8.93. The van der Waals surface area contributed by atoms with Crippen LogP contribution in [-0.2, 0) is 0 Å². The molecule has 0 unspecified atom stereocenters. The van der Waals surface area contributed by atoms with Gasteiger partial charge in [0.1, 0.15) is 0 Å². The summed E-state index contributed by atoms with van der Waals surface area (Å²) in [6.45, 7) is 0. The molecule has 3 rings (SSSR count). The minimum Gasteiger partial charge on any atom is -0.289 e. The average Bonchev–Trinajstić information content (AvgIpc) is 2.73. The number of nitriles is 1. The largest absolute Gasteiger partial charge is 0.289 e. The van der Waals surface area contributed by atoms with Crippen LogP contribution in [0.3, 0.4) is 0 Å². The molecule has 3 aromatic rings. The van der Waals surface area contributed by atoms with Crippen molar-refractivity contribution in [1.82, 2.24) is 0 Å². The van der Waals surface area contributed by atoms with Crippen LogP contribution in [0.15, 0.2) is 102 Å². The fourth-order valence-corrected chi connectivity index (χ4v) is 2.90. The first-order valence-corrected chi connectivity index (χ1v) is 9.21. The van der Waals surface area contributed by atoms with Crippen molar-refractivity contribution in [3.63, 3.8) is 0 Å². The fraction of sp³-hybridized carbons (Fsp3) is 0. The van der Waals surface area contributed by atoms with Crippen molar-refractivity contribution in [3.05, 3.63) is 118 Å². The number of ketones is 1. The molecule has 0 radical (unpaired) electrons. The number of benzene rings is 3. The lowest BCUT2D eigenvalue weighted by atomic mass is 9.97. The Morgan fingerprint density at radius 1 is 0.741 bits per heavy atom. The predicted octanol–water partition coefficient (Wildman–Crippen LogP) is 6.32. The Labute approximate surface area is 167 Å². The summed E-state index contributed by atoms with van der Waals surface area (Å²) in [5, 5.41) is 9.63. The van der Waals surface area contributed by atoms with E-state index in [1.165, 1.54) is 0 Å². The van der Waals surface area contributed by atoms with Crippen LogP contribution < -0.4 is 0 Å². The van der Waals surface area contributed by atoms with Crippen molar-refractivity contribution in [3.8, 4) is 6.07 Å². The number of hydrogen-bond acceptors (Lipinski definition) is 2. The van der Waals surface area contributed by atoms with Crippen molar-refractivity contribution >= 4 is 32.9 Å². The van der Waals surface area contributed by atoms with Crippen LogP contribution >= 0.6 is 15.9 Å². The first-order chi connectivity index (χ1) is 13.2. The first-order valence-electron chi connectivity index (χ1n) is 8.41. The summed E-state index contributed by atoms with van der Waals surface area (Å²) in [7, 11) is 0. The maximum absolute atomic E-state index is 12.7. The molecule has 0 aromatic heterocycles. The van der Waals surface area contributed by atoms with Gasteiger partial charge in [-0.15, -0.1) is 0 Å². The van der Waals surface area contributed by atoms with Gasteiger partial charge in [-0.3, -0.25) is 4.79 Å². The van der Waals surface area contributed by atoms with Crippen LogP contribution in [0.25, 0.3) is 11.1 Å². The van der Waals surface area contributed by atoms with E-state index in [9.17, 15) is 10.1 Å². The monoisotopic (exact) mass is 413 g/mol. The van der Waals surface area contributed by atoms with E-state index in [4.69, 9.17) is 0 Å². The maximum Gasteiger partial charge on any atom is 0.186 e. The minimum atomic E-state index is -0.102. The van der Waals surface area contributed by atoms with Crippen LogP contribution in [0.1, 0.15) is 21.5 Å². The molecular weight excluding hydrogens is 398 g/mol. The zero-order valence-electron chi connectivity index (χ0n) is 14.5.